The van der Waals surface area contributed by atoms with Gasteiger partial charge in [-0.1, -0.05) is 12.1 Å². The summed E-state index contributed by atoms with van der Waals surface area (Å²) >= 11 is 4.64. The predicted molar refractivity (Wildman–Crippen MR) is 113 cm³/mol. The van der Waals surface area contributed by atoms with E-state index in [1.807, 2.05) is 18.2 Å². The van der Waals surface area contributed by atoms with Crippen molar-refractivity contribution < 1.29 is 9.84 Å². The van der Waals surface area contributed by atoms with Gasteiger partial charge in [0.1, 0.15) is 5.82 Å². The molecule has 8 nitrogen and oxygen atoms in total. The maximum absolute atomic E-state index is 7.57. The number of thiol groups is 1. The van der Waals surface area contributed by atoms with Gasteiger partial charge in [-0.15, -0.1) is 12.6 Å². The number of rotatable bonds is 3. The monoisotopic (exact) mass is 400 g/mol. The summed E-state index contributed by atoms with van der Waals surface area (Å²) in [5, 5.41) is 15.6. The van der Waals surface area contributed by atoms with Gasteiger partial charge in [0.2, 0.25) is 0 Å². The first-order valence-corrected chi connectivity index (χ1v) is 9.49. The number of aliphatic hydroxyl groups excluding tert-OH is 1. The molecule has 0 bridgehead atoms. The standard InChI is InChI=1S/C17H18N6OS.C2H6O/c18-5-4-14-15(25)17(23-6-8-24-9-7-23)21-16(20-14)11-2-1-3-13-12(11)10-19-22-13;1-2-3/h1-5,10,25H,6-9,18H2,(H,19,22);3H,2H2,1H3/b5-4+;. The second-order valence-corrected chi connectivity index (χ2v) is 6.46. The van der Waals surface area contributed by atoms with Gasteiger partial charge in [0.05, 0.1) is 35.5 Å². The molecule has 0 atom stereocenters. The summed E-state index contributed by atoms with van der Waals surface area (Å²) in [4.78, 5) is 12.4. The van der Waals surface area contributed by atoms with Crippen molar-refractivity contribution in [1.82, 2.24) is 20.2 Å². The fraction of sp³-hybridized carbons (Fsp3) is 0.316. The van der Waals surface area contributed by atoms with E-state index in [1.54, 1.807) is 19.2 Å². The number of aromatic nitrogens is 4. The van der Waals surface area contributed by atoms with E-state index < -0.39 is 0 Å². The van der Waals surface area contributed by atoms with Gasteiger partial charge >= 0.3 is 0 Å². The highest BCUT2D eigenvalue weighted by atomic mass is 32.1. The molecule has 0 radical (unpaired) electrons. The zero-order chi connectivity index (χ0) is 19.9. The summed E-state index contributed by atoms with van der Waals surface area (Å²) in [6.07, 6.45) is 5.00. The van der Waals surface area contributed by atoms with Gasteiger partial charge < -0.3 is 20.5 Å². The Morgan fingerprint density at radius 2 is 2.07 bits per heavy atom. The van der Waals surface area contributed by atoms with Crippen LogP contribution in [0.25, 0.3) is 28.4 Å². The third kappa shape index (κ3) is 4.27. The zero-order valence-corrected chi connectivity index (χ0v) is 16.6. The third-order valence-electron chi connectivity index (χ3n) is 4.18. The van der Waals surface area contributed by atoms with E-state index in [9.17, 15) is 0 Å². The second kappa shape index (κ2) is 9.54. The highest BCUT2D eigenvalue weighted by Crippen LogP contribution is 2.32. The third-order valence-corrected chi connectivity index (χ3v) is 4.61. The molecule has 3 heterocycles. The van der Waals surface area contributed by atoms with Crippen LogP contribution in [0.2, 0.25) is 0 Å². The summed E-state index contributed by atoms with van der Waals surface area (Å²) in [6.45, 7) is 4.81. The lowest BCUT2D eigenvalue weighted by molar-refractivity contribution is 0.122. The van der Waals surface area contributed by atoms with Crippen LogP contribution in [-0.2, 0) is 4.74 Å². The highest BCUT2D eigenvalue weighted by molar-refractivity contribution is 7.80. The van der Waals surface area contributed by atoms with Crippen molar-refractivity contribution in [3.8, 4) is 11.4 Å². The van der Waals surface area contributed by atoms with Crippen LogP contribution < -0.4 is 10.6 Å². The molecule has 0 amide bonds. The normalized spacial score (nSPS) is 14.3. The van der Waals surface area contributed by atoms with Crippen LogP contribution in [0.3, 0.4) is 0 Å². The number of hydrogen-bond acceptors (Lipinski definition) is 8. The van der Waals surface area contributed by atoms with Crippen LogP contribution in [0.4, 0.5) is 5.82 Å². The quantitative estimate of drug-likeness (QED) is 0.498. The number of ether oxygens (including phenoxy) is 1. The minimum atomic E-state index is 0.250. The topological polar surface area (TPSA) is 113 Å². The van der Waals surface area contributed by atoms with Crippen molar-refractivity contribution in [1.29, 1.82) is 0 Å². The number of nitrogens with two attached hydrogens (primary N) is 1. The van der Waals surface area contributed by atoms with Crippen LogP contribution >= 0.6 is 12.6 Å². The summed E-state index contributed by atoms with van der Waals surface area (Å²) in [7, 11) is 0. The molecule has 148 valence electrons. The van der Waals surface area contributed by atoms with E-state index in [0.717, 1.165) is 35.4 Å². The van der Waals surface area contributed by atoms with Gasteiger partial charge in [0, 0.05) is 30.6 Å². The molecule has 1 saturated heterocycles. The molecule has 28 heavy (non-hydrogen) atoms. The molecule has 0 aliphatic carbocycles. The van der Waals surface area contributed by atoms with Crippen molar-refractivity contribution in [3.05, 3.63) is 36.3 Å². The maximum Gasteiger partial charge on any atom is 0.162 e. The number of aliphatic hydroxyl groups is 1. The predicted octanol–water partition coefficient (Wildman–Crippen LogP) is 2.07. The molecule has 1 aromatic carbocycles. The smallest absolute Gasteiger partial charge is 0.162 e. The Kier molecular flexibility index (Phi) is 6.85. The summed E-state index contributed by atoms with van der Waals surface area (Å²) in [5.41, 5.74) is 8.15. The fourth-order valence-corrected chi connectivity index (χ4v) is 3.26. The van der Waals surface area contributed by atoms with Crippen LogP contribution in [0.15, 0.2) is 35.5 Å². The first kappa shape index (κ1) is 20.1. The minimum absolute atomic E-state index is 0.250. The summed E-state index contributed by atoms with van der Waals surface area (Å²) in [6, 6.07) is 5.92. The number of fused-ring (bicyclic) bond motifs is 1. The molecule has 9 heteroatoms. The Morgan fingerprint density at radius 1 is 1.32 bits per heavy atom. The van der Waals surface area contributed by atoms with Crippen molar-refractivity contribution in [2.24, 2.45) is 5.73 Å². The van der Waals surface area contributed by atoms with Crippen LogP contribution in [0.1, 0.15) is 12.6 Å². The van der Waals surface area contributed by atoms with E-state index in [-0.39, 0.29) is 6.61 Å². The summed E-state index contributed by atoms with van der Waals surface area (Å²) < 4.78 is 5.44. The molecule has 0 saturated carbocycles. The summed E-state index contributed by atoms with van der Waals surface area (Å²) in [5.74, 6) is 1.42. The average Bonchev–Trinajstić information content (AvgIpc) is 3.20. The van der Waals surface area contributed by atoms with Crippen LogP contribution in [0.5, 0.6) is 0 Å². The lowest BCUT2D eigenvalue weighted by Crippen LogP contribution is -2.37. The number of aromatic amines is 1. The molecule has 1 fully saturated rings. The van der Waals surface area contributed by atoms with Crippen molar-refractivity contribution in [3.63, 3.8) is 0 Å². The molecule has 0 spiro atoms. The average molecular weight is 401 g/mol. The first-order valence-electron chi connectivity index (χ1n) is 9.04. The number of hydrogen-bond donors (Lipinski definition) is 4. The fourth-order valence-electron chi connectivity index (χ4n) is 2.95. The van der Waals surface area contributed by atoms with Gasteiger partial charge in [0.15, 0.2) is 5.82 Å². The Hall–Kier alpha value is -2.62. The Morgan fingerprint density at radius 3 is 2.79 bits per heavy atom. The molecule has 4 rings (SSSR count). The number of anilines is 1. The van der Waals surface area contributed by atoms with Gasteiger partial charge in [0.25, 0.3) is 0 Å². The first-order chi connectivity index (χ1) is 13.7. The van der Waals surface area contributed by atoms with Gasteiger partial charge in [-0.2, -0.15) is 5.10 Å². The van der Waals surface area contributed by atoms with Crippen molar-refractivity contribution >= 4 is 35.4 Å². The van der Waals surface area contributed by atoms with E-state index in [2.05, 4.69) is 32.7 Å². The zero-order valence-electron chi connectivity index (χ0n) is 15.7. The Bertz CT molecular complexity index is 953. The molecule has 0 unspecified atom stereocenters. The van der Waals surface area contributed by atoms with Crippen LogP contribution in [-0.4, -0.2) is 58.2 Å². The van der Waals surface area contributed by atoms with Gasteiger partial charge in [-0.25, -0.2) is 9.97 Å². The molecule has 3 aromatic rings. The minimum Gasteiger partial charge on any atom is -0.405 e. The number of H-pyrrole nitrogens is 1. The second-order valence-electron chi connectivity index (χ2n) is 6.02. The molecule has 1 aliphatic rings. The lowest BCUT2D eigenvalue weighted by Gasteiger charge is -2.29. The maximum atomic E-state index is 7.57. The van der Waals surface area contributed by atoms with Crippen LogP contribution in [0, 0.1) is 0 Å². The Balaban J connectivity index is 0.000000706. The van der Waals surface area contributed by atoms with Gasteiger partial charge in [-0.3, -0.25) is 5.10 Å². The highest BCUT2D eigenvalue weighted by Gasteiger charge is 2.20. The number of morpholine rings is 1. The molecule has 1 aliphatic heterocycles. The van der Waals surface area contributed by atoms with E-state index in [1.165, 1.54) is 6.20 Å². The molecule has 2 aromatic heterocycles. The Labute approximate surface area is 168 Å². The lowest BCUT2D eigenvalue weighted by atomic mass is 10.1. The number of benzene rings is 1. The number of nitrogens with one attached hydrogen (secondary N) is 1. The molecular formula is C19H24N6O2S. The number of nitrogens with zero attached hydrogens (tertiary/aromatic N) is 4. The van der Waals surface area contributed by atoms with Crippen molar-refractivity contribution in [2.45, 2.75) is 11.8 Å². The molecule has 4 N–H and O–H groups in total. The van der Waals surface area contributed by atoms with Crippen molar-refractivity contribution in [2.75, 3.05) is 37.8 Å². The van der Waals surface area contributed by atoms with Gasteiger partial charge in [-0.05, 0) is 25.3 Å². The SMILES string of the molecule is CCO.N/C=C/c1nc(-c2cccc3[nH]ncc23)nc(N2CCOCC2)c1S. The van der Waals surface area contributed by atoms with E-state index in [4.69, 9.17) is 20.6 Å². The molecular weight excluding hydrogens is 376 g/mol. The van der Waals surface area contributed by atoms with E-state index >= 15 is 0 Å². The van der Waals surface area contributed by atoms with E-state index in [0.29, 0.717) is 29.6 Å². The largest absolute Gasteiger partial charge is 0.405 e.